The second kappa shape index (κ2) is 10.8. The van der Waals surface area contributed by atoms with Crippen LogP contribution in [-0.4, -0.2) is 50.2 Å². The standard InChI is InChI=1S/C23H27N3O4S/c1-5-30-20-11-6-16(12-21(20)29-4)13-26(2)14-22(27)25-23-24-19(15-31-23)17-7-9-18(28-3)10-8-17/h6-12,15H,5,13-14H2,1-4H3,(H,24,25,27). The molecule has 3 aromatic rings. The summed E-state index contributed by atoms with van der Waals surface area (Å²) in [5.41, 5.74) is 2.82. The number of nitrogens with one attached hydrogen (secondary N) is 1. The molecule has 0 spiro atoms. The number of rotatable bonds is 10. The fraction of sp³-hybridized carbons (Fsp3) is 0.304. The molecule has 0 fully saturated rings. The van der Waals surface area contributed by atoms with Crippen molar-refractivity contribution in [3.05, 3.63) is 53.4 Å². The van der Waals surface area contributed by atoms with Crippen molar-refractivity contribution < 1.29 is 19.0 Å². The number of methoxy groups -OCH3 is 2. The minimum absolute atomic E-state index is 0.115. The van der Waals surface area contributed by atoms with Gasteiger partial charge in [-0.3, -0.25) is 9.69 Å². The Kier molecular flexibility index (Phi) is 7.86. The average molecular weight is 442 g/mol. The van der Waals surface area contributed by atoms with E-state index in [4.69, 9.17) is 14.2 Å². The fourth-order valence-corrected chi connectivity index (χ4v) is 3.82. The highest BCUT2D eigenvalue weighted by molar-refractivity contribution is 7.14. The number of amides is 1. The van der Waals surface area contributed by atoms with E-state index in [1.807, 2.05) is 66.7 Å². The number of benzene rings is 2. The predicted octanol–water partition coefficient (Wildman–Crippen LogP) is 4.30. The number of nitrogens with zero attached hydrogens (tertiary/aromatic N) is 2. The molecule has 2 aromatic carbocycles. The lowest BCUT2D eigenvalue weighted by Crippen LogP contribution is -2.29. The van der Waals surface area contributed by atoms with Gasteiger partial charge < -0.3 is 19.5 Å². The highest BCUT2D eigenvalue weighted by atomic mass is 32.1. The van der Waals surface area contributed by atoms with Crippen LogP contribution in [0.4, 0.5) is 5.13 Å². The summed E-state index contributed by atoms with van der Waals surface area (Å²) in [6.07, 6.45) is 0. The van der Waals surface area contributed by atoms with Crippen LogP contribution in [0, 0.1) is 0 Å². The molecule has 7 nitrogen and oxygen atoms in total. The first kappa shape index (κ1) is 22.6. The van der Waals surface area contributed by atoms with Crippen LogP contribution < -0.4 is 19.5 Å². The van der Waals surface area contributed by atoms with Crippen LogP contribution >= 0.6 is 11.3 Å². The maximum Gasteiger partial charge on any atom is 0.240 e. The van der Waals surface area contributed by atoms with E-state index in [2.05, 4.69) is 10.3 Å². The van der Waals surface area contributed by atoms with Crippen molar-refractivity contribution >= 4 is 22.4 Å². The lowest BCUT2D eigenvalue weighted by Gasteiger charge is -2.17. The SMILES string of the molecule is CCOc1ccc(CN(C)CC(=O)Nc2nc(-c3ccc(OC)cc3)cs2)cc1OC. The fourth-order valence-electron chi connectivity index (χ4n) is 3.08. The lowest BCUT2D eigenvalue weighted by atomic mass is 10.2. The Balaban J connectivity index is 1.55. The number of aromatic nitrogens is 1. The van der Waals surface area contributed by atoms with Gasteiger partial charge >= 0.3 is 0 Å². The van der Waals surface area contributed by atoms with Gasteiger partial charge in [0, 0.05) is 17.5 Å². The molecule has 0 bridgehead atoms. The van der Waals surface area contributed by atoms with Crippen molar-refractivity contribution in [1.82, 2.24) is 9.88 Å². The highest BCUT2D eigenvalue weighted by Crippen LogP contribution is 2.29. The third kappa shape index (κ3) is 6.19. The smallest absolute Gasteiger partial charge is 0.240 e. The van der Waals surface area contributed by atoms with Crippen molar-refractivity contribution in [3.63, 3.8) is 0 Å². The largest absolute Gasteiger partial charge is 0.497 e. The van der Waals surface area contributed by atoms with E-state index in [0.29, 0.717) is 29.8 Å². The average Bonchev–Trinajstić information content (AvgIpc) is 3.23. The molecule has 0 aliphatic rings. The Morgan fingerprint density at radius 2 is 1.87 bits per heavy atom. The number of carbonyl (C=O) groups is 1. The molecule has 0 atom stereocenters. The van der Waals surface area contributed by atoms with Crippen molar-refractivity contribution in [3.8, 4) is 28.5 Å². The van der Waals surface area contributed by atoms with E-state index in [0.717, 1.165) is 22.6 Å². The van der Waals surface area contributed by atoms with Crippen molar-refractivity contribution in [2.24, 2.45) is 0 Å². The van der Waals surface area contributed by atoms with Gasteiger partial charge in [0.2, 0.25) is 5.91 Å². The number of anilines is 1. The number of hydrogen-bond donors (Lipinski definition) is 1. The van der Waals surface area contributed by atoms with Crippen LogP contribution in [0.1, 0.15) is 12.5 Å². The monoisotopic (exact) mass is 441 g/mol. The minimum Gasteiger partial charge on any atom is -0.497 e. The summed E-state index contributed by atoms with van der Waals surface area (Å²) < 4.78 is 16.1. The molecule has 3 rings (SSSR count). The van der Waals surface area contributed by atoms with E-state index in [1.54, 1.807) is 14.2 Å². The molecule has 0 saturated heterocycles. The quantitative estimate of drug-likeness (QED) is 0.506. The van der Waals surface area contributed by atoms with Crippen LogP contribution in [0.25, 0.3) is 11.3 Å². The molecule has 0 aliphatic heterocycles. The van der Waals surface area contributed by atoms with E-state index in [9.17, 15) is 4.79 Å². The number of hydrogen-bond acceptors (Lipinski definition) is 7. The molecule has 164 valence electrons. The van der Waals surface area contributed by atoms with Gasteiger partial charge in [0.25, 0.3) is 0 Å². The Labute approximate surface area is 186 Å². The third-order valence-electron chi connectivity index (χ3n) is 4.53. The van der Waals surface area contributed by atoms with Gasteiger partial charge in [-0.15, -0.1) is 11.3 Å². The zero-order chi connectivity index (χ0) is 22.2. The number of ether oxygens (including phenoxy) is 3. The molecule has 1 aromatic heterocycles. The Bertz CT molecular complexity index is 1000. The molecular weight excluding hydrogens is 414 g/mol. The molecule has 31 heavy (non-hydrogen) atoms. The summed E-state index contributed by atoms with van der Waals surface area (Å²) >= 11 is 1.40. The second-order valence-electron chi connectivity index (χ2n) is 6.91. The summed E-state index contributed by atoms with van der Waals surface area (Å²) in [5, 5.41) is 5.38. The number of thiazole rings is 1. The lowest BCUT2D eigenvalue weighted by molar-refractivity contribution is -0.117. The Morgan fingerprint density at radius 1 is 1.10 bits per heavy atom. The molecule has 1 heterocycles. The van der Waals surface area contributed by atoms with Crippen molar-refractivity contribution in [2.75, 3.05) is 39.7 Å². The maximum atomic E-state index is 12.5. The molecule has 1 N–H and O–H groups in total. The molecule has 0 aliphatic carbocycles. The van der Waals surface area contributed by atoms with E-state index >= 15 is 0 Å². The summed E-state index contributed by atoms with van der Waals surface area (Å²) in [5.74, 6) is 2.08. The maximum absolute atomic E-state index is 12.5. The molecule has 8 heteroatoms. The number of carbonyl (C=O) groups excluding carboxylic acids is 1. The van der Waals surface area contributed by atoms with Crippen LogP contribution in [0.2, 0.25) is 0 Å². The normalized spacial score (nSPS) is 10.7. The minimum atomic E-state index is -0.115. The van der Waals surface area contributed by atoms with Crippen LogP contribution in [0.3, 0.4) is 0 Å². The predicted molar refractivity (Wildman–Crippen MR) is 123 cm³/mol. The first-order valence-electron chi connectivity index (χ1n) is 9.90. The molecule has 0 unspecified atom stereocenters. The Hall–Kier alpha value is -3.10. The molecule has 0 radical (unpaired) electrons. The number of likely N-dealkylation sites (N-methyl/N-ethyl adjacent to an activating group) is 1. The van der Waals surface area contributed by atoms with Crippen molar-refractivity contribution in [2.45, 2.75) is 13.5 Å². The highest BCUT2D eigenvalue weighted by Gasteiger charge is 2.12. The zero-order valence-electron chi connectivity index (χ0n) is 18.2. The van der Waals surface area contributed by atoms with Gasteiger partial charge in [0.1, 0.15) is 5.75 Å². The van der Waals surface area contributed by atoms with Gasteiger partial charge in [0.15, 0.2) is 16.6 Å². The van der Waals surface area contributed by atoms with Gasteiger partial charge in [-0.25, -0.2) is 4.98 Å². The second-order valence-corrected chi connectivity index (χ2v) is 7.76. The van der Waals surface area contributed by atoms with Gasteiger partial charge in [0.05, 0.1) is 33.1 Å². The first-order chi connectivity index (χ1) is 15.0. The Morgan fingerprint density at radius 3 is 2.55 bits per heavy atom. The molecule has 0 saturated carbocycles. The van der Waals surface area contributed by atoms with Gasteiger partial charge in [-0.05, 0) is 55.9 Å². The molecule has 1 amide bonds. The van der Waals surface area contributed by atoms with Gasteiger partial charge in [-0.2, -0.15) is 0 Å². The zero-order valence-corrected chi connectivity index (χ0v) is 19.0. The van der Waals surface area contributed by atoms with E-state index in [-0.39, 0.29) is 12.5 Å². The summed E-state index contributed by atoms with van der Waals surface area (Å²) in [6.45, 7) is 3.35. The first-order valence-corrected chi connectivity index (χ1v) is 10.8. The van der Waals surface area contributed by atoms with Gasteiger partial charge in [-0.1, -0.05) is 6.07 Å². The van der Waals surface area contributed by atoms with Crippen molar-refractivity contribution in [1.29, 1.82) is 0 Å². The van der Waals surface area contributed by atoms with Crippen LogP contribution in [0.5, 0.6) is 17.2 Å². The third-order valence-corrected chi connectivity index (χ3v) is 5.29. The molecular formula is C23H27N3O4S. The topological polar surface area (TPSA) is 72.9 Å². The summed E-state index contributed by atoms with van der Waals surface area (Å²) in [4.78, 5) is 18.9. The van der Waals surface area contributed by atoms with Crippen LogP contribution in [0.15, 0.2) is 47.8 Å². The van der Waals surface area contributed by atoms with Crippen LogP contribution in [-0.2, 0) is 11.3 Å². The van der Waals surface area contributed by atoms with E-state index < -0.39 is 0 Å². The summed E-state index contributed by atoms with van der Waals surface area (Å²) in [7, 11) is 5.15. The summed E-state index contributed by atoms with van der Waals surface area (Å²) in [6, 6.07) is 13.5. The van der Waals surface area contributed by atoms with E-state index in [1.165, 1.54) is 11.3 Å².